The van der Waals surface area contributed by atoms with E-state index in [4.69, 9.17) is 16.3 Å². The SMILES string of the molecule is O=C(N[C@@H]1CCC[C@H]1OCc1ccccc1)c1csc(Nc2ccc(Cl)cc2)n1. The van der Waals surface area contributed by atoms with Crippen molar-refractivity contribution < 1.29 is 9.53 Å². The highest BCUT2D eigenvalue weighted by Gasteiger charge is 2.30. The molecule has 1 aromatic heterocycles. The van der Waals surface area contributed by atoms with Gasteiger partial charge in [-0.1, -0.05) is 41.9 Å². The number of halogens is 1. The Balaban J connectivity index is 1.32. The van der Waals surface area contributed by atoms with Gasteiger partial charge in [-0.2, -0.15) is 0 Å². The molecule has 29 heavy (non-hydrogen) atoms. The number of aromatic nitrogens is 1. The molecule has 1 saturated carbocycles. The summed E-state index contributed by atoms with van der Waals surface area (Å²) in [6, 6.07) is 17.5. The number of anilines is 2. The van der Waals surface area contributed by atoms with E-state index in [2.05, 4.69) is 15.6 Å². The maximum absolute atomic E-state index is 12.7. The van der Waals surface area contributed by atoms with Crippen LogP contribution in [0.5, 0.6) is 0 Å². The fourth-order valence-corrected chi connectivity index (χ4v) is 4.24. The van der Waals surface area contributed by atoms with Crippen molar-refractivity contribution >= 4 is 39.7 Å². The van der Waals surface area contributed by atoms with Gasteiger partial charge in [0, 0.05) is 16.1 Å². The third-order valence-corrected chi connectivity index (χ3v) is 5.92. The summed E-state index contributed by atoms with van der Waals surface area (Å²) in [5, 5.41) is 9.40. The Labute approximate surface area is 179 Å². The number of hydrogen-bond acceptors (Lipinski definition) is 5. The summed E-state index contributed by atoms with van der Waals surface area (Å²) < 4.78 is 6.08. The highest BCUT2D eigenvalue weighted by molar-refractivity contribution is 7.14. The number of rotatable bonds is 7. The lowest BCUT2D eigenvalue weighted by Crippen LogP contribution is -2.41. The van der Waals surface area contributed by atoms with Gasteiger partial charge in [0.25, 0.3) is 5.91 Å². The molecule has 3 aromatic rings. The van der Waals surface area contributed by atoms with Crippen LogP contribution in [-0.2, 0) is 11.3 Å². The maximum atomic E-state index is 12.7. The molecule has 2 aromatic carbocycles. The molecular weight excluding hydrogens is 406 g/mol. The minimum absolute atomic E-state index is 0.0144. The fraction of sp³-hybridized carbons (Fsp3) is 0.273. The lowest BCUT2D eigenvalue weighted by molar-refractivity contribution is 0.0271. The van der Waals surface area contributed by atoms with Gasteiger partial charge in [-0.15, -0.1) is 11.3 Å². The maximum Gasteiger partial charge on any atom is 0.271 e. The van der Waals surface area contributed by atoms with E-state index in [1.165, 1.54) is 11.3 Å². The molecule has 150 valence electrons. The van der Waals surface area contributed by atoms with Crippen molar-refractivity contribution in [3.8, 4) is 0 Å². The Morgan fingerprint density at radius 2 is 1.93 bits per heavy atom. The molecule has 0 saturated heterocycles. The van der Waals surface area contributed by atoms with Crippen LogP contribution in [0.2, 0.25) is 5.02 Å². The molecule has 2 N–H and O–H groups in total. The molecule has 1 heterocycles. The van der Waals surface area contributed by atoms with Crippen molar-refractivity contribution in [2.24, 2.45) is 0 Å². The van der Waals surface area contributed by atoms with Crippen molar-refractivity contribution in [3.05, 3.63) is 76.3 Å². The third-order valence-electron chi connectivity index (χ3n) is 4.91. The van der Waals surface area contributed by atoms with Crippen LogP contribution in [0.25, 0.3) is 0 Å². The van der Waals surface area contributed by atoms with Gasteiger partial charge in [0.05, 0.1) is 18.8 Å². The summed E-state index contributed by atoms with van der Waals surface area (Å²) in [4.78, 5) is 17.1. The molecule has 0 aliphatic heterocycles. The number of hydrogen-bond donors (Lipinski definition) is 2. The van der Waals surface area contributed by atoms with Crippen molar-refractivity contribution in [1.29, 1.82) is 0 Å². The summed E-state index contributed by atoms with van der Waals surface area (Å²) >= 11 is 7.30. The number of benzene rings is 2. The predicted octanol–water partition coefficient (Wildman–Crippen LogP) is 5.41. The lowest BCUT2D eigenvalue weighted by Gasteiger charge is -2.21. The van der Waals surface area contributed by atoms with E-state index in [1.807, 2.05) is 42.5 Å². The van der Waals surface area contributed by atoms with Crippen LogP contribution in [0.15, 0.2) is 60.0 Å². The average molecular weight is 428 g/mol. The summed E-state index contributed by atoms with van der Waals surface area (Å²) in [6.07, 6.45) is 2.96. The van der Waals surface area contributed by atoms with Crippen LogP contribution in [0.1, 0.15) is 35.3 Å². The van der Waals surface area contributed by atoms with Crippen molar-refractivity contribution in [3.63, 3.8) is 0 Å². The second kappa shape index (κ2) is 9.39. The van der Waals surface area contributed by atoms with Gasteiger partial charge in [-0.3, -0.25) is 4.79 Å². The van der Waals surface area contributed by atoms with E-state index in [9.17, 15) is 4.79 Å². The van der Waals surface area contributed by atoms with Crippen molar-refractivity contribution in [1.82, 2.24) is 10.3 Å². The molecule has 5 nitrogen and oxygen atoms in total. The van der Waals surface area contributed by atoms with E-state index < -0.39 is 0 Å². The number of carbonyl (C=O) groups is 1. The Bertz CT molecular complexity index is 946. The van der Waals surface area contributed by atoms with E-state index >= 15 is 0 Å². The summed E-state index contributed by atoms with van der Waals surface area (Å²) in [5.41, 5.74) is 2.43. The number of thiazole rings is 1. The molecule has 1 fully saturated rings. The Kier molecular flexibility index (Phi) is 6.44. The molecule has 0 unspecified atom stereocenters. The van der Waals surface area contributed by atoms with Gasteiger partial charge in [0.2, 0.25) is 0 Å². The molecule has 0 spiro atoms. The molecule has 1 aliphatic rings. The largest absolute Gasteiger partial charge is 0.371 e. The highest BCUT2D eigenvalue weighted by Crippen LogP contribution is 2.25. The smallest absolute Gasteiger partial charge is 0.271 e. The van der Waals surface area contributed by atoms with Crippen LogP contribution >= 0.6 is 22.9 Å². The predicted molar refractivity (Wildman–Crippen MR) is 117 cm³/mol. The molecule has 1 aliphatic carbocycles. The van der Waals surface area contributed by atoms with Crippen LogP contribution in [0.4, 0.5) is 10.8 Å². The van der Waals surface area contributed by atoms with Gasteiger partial charge in [-0.05, 0) is 49.1 Å². The van der Waals surface area contributed by atoms with Gasteiger partial charge < -0.3 is 15.4 Å². The number of carbonyl (C=O) groups excluding carboxylic acids is 1. The summed E-state index contributed by atoms with van der Waals surface area (Å²) in [7, 11) is 0. The van der Waals surface area contributed by atoms with E-state index in [0.717, 1.165) is 30.5 Å². The molecule has 0 bridgehead atoms. The van der Waals surface area contributed by atoms with Crippen LogP contribution in [0, 0.1) is 0 Å². The van der Waals surface area contributed by atoms with Gasteiger partial charge in [0.15, 0.2) is 5.13 Å². The Morgan fingerprint density at radius 1 is 1.14 bits per heavy atom. The second-order valence-corrected chi connectivity index (χ2v) is 8.31. The molecule has 0 radical (unpaired) electrons. The van der Waals surface area contributed by atoms with Crippen LogP contribution < -0.4 is 10.6 Å². The first-order valence-corrected chi connectivity index (χ1v) is 10.9. The summed E-state index contributed by atoms with van der Waals surface area (Å²) in [6.45, 7) is 0.559. The first kappa shape index (κ1) is 19.9. The van der Waals surface area contributed by atoms with E-state index in [0.29, 0.717) is 22.5 Å². The minimum atomic E-state index is -0.161. The molecule has 4 rings (SSSR count). The zero-order chi connectivity index (χ0) is 20.1. The lowest BCUT2D eigenvalue weighted by atomic mass is 10.2. The first-order valence-electron chi connectivity index (χ1n) is 9.62. The average Bonchev–Trinajstić information content (AvgIpc) is 3.38. The monoisotopic (exact) mass is 427 g/mol. The number of nitrogens with one attached hydrogen (secondary N) is 2. The zero-order valence-corrected chi connectivity index (χ0v) is 17.4. The quantitative estimate of drug-likeness (QED) is 0.529. The standard InChI is InChI=1S/C22H22ClN3O2S/c23-16-9-11-17(12-10-16)24-22-26-19(14-29-22)21(27)25-18-7-4-8-20(18)28-13-15-5-2-1-3-6-15/h1-3,5-6,9-12,14,18,20H,4,7-8,13H2,(H,24,26)(H,25,27)/t18-,20-/m1/s1. The highest BCUT2D eigenvalue weighted by atomic mass is 35.5. The van der Waals surface area contributed by atoms with Gasteiger partial charge in [0.1, 0.15) is 5.69 Å². The van der Waals surface area contributed by atoms with Crippen LogP contribution in [-0.4, -0.2) is 23.0 Å². The van der Waals surface area contributed by atoms with Gasteiger partial charge in [-0.25, -0.2) is 4.98 Å². The number of amides is 1. The topological polar surface area (TPSA) is 63.2 Å². The third kappa shape index (κ3) is 5.35. The fourth-order valence-electron chi connectivity index (χ4n) is 3.40. The zero-order valence-electron chi connectivity index (χ0n) is 15.8. The molecule has 1 amide bonds. The van der Waals surface area contributed by atoms with Crippen molar-refractivity contribution in [2.75, 3.05) is 5.32 Å². The second-order valence-electron chi connectivity index (χ2n) is 7.02. The first-order chi connectivity index (χ1) is 14.2. The van der Waals surface area contributed by atoms with E-state index in [-0.39, 0.29) is 18.1 Å². The normalized spacial score (nSPS) is 18.5. The summed E-state index contributed by atoms with van der Waals surface area (Å²) in [5.74, 6) is -0.161. The van der Waals surface area contributed by atoms with Crippen molar-refractivity contribution in [2.45, 2.75) is 38.0 Å². The Morgan fingerprint density at radius 3 is 2.72 bits per heavy atom. The Hall–Kier alpha value is -2.41. The molecular formula is C22H22ClN3O2S. The number of nitrogens with zero attached hydrogens (tertiary/aromatic N) is 1. The van der Waals surface area contributed by atoms with Crippen LogP contribution in [0.3, 0.4) is 0 Å². The van der Waals surface area contributed by atoms with E-state index in [1.54, 1.807) is 17.5 Å². The molecule has 7 heteroatoms. The number of ether oxygens (including phenoxy) is 1. The minimum Gasteiger partial charge on any atom is -0.371 e. The van der Waals surface area contributed by atoms with Gasteiger partial charge >= 0.3 is 0 Å². The molecule has 2 atom stereocenters.